The molecule has 2 N–H and O–H groups in total. The number of hydrogen-bond donors (Lipinski definition) is 1. The van der Waals surface area contributed by atoms with E-state index in [0.29, 0.717) is 6.04 Å². The maximum atomic E-state index is 10.7. The lowest BCUT2D eigenvalue weighted by atomic mass is 10.1. The molecule has 0 aliphatic heterocycles. The topological polar surface area (TPSA) is 46.3 Å². The van der Waals surface area contributed by atoms with Crippen LogP contribution in [-0.4, -0.2) is 24.0 Å². The van der Waals surface area contributed by atoms with Crippen LogP contribution in [0.2, 0.25) is 0 Å². The third kappa shape index (κ3) is 3.25. The predicted octanol–water partition coefficient (Wildman–Crippen LogP) is 1.58. The molecule has 0 bridgehead atoms. The van der Waals surface area contributed by atoms with Crippen LogP contribution in [0.4, 0.5) is 4.79 Å². The van der Waals surface area contributed by atoms with Crippen molar-refractivity contribution in [2.75, 3.05) is 7.05 Å². The van der Waals surface area contributed by atoms with Crippen LogP contribution in [0.5, 0.6) is 0 Å². The zero-order chi connectivity index (χ0) is 8.85. The van der Waals surface area contributed by atoms with E-state index < -0.39 is 0 Å². The molecule has 0 saturated heterocycles. The second kappa shape index (κ2) is 4.99. The highest BCUT2D eigenvalue weighted by atomic mass is 16.2. The lowest BCUT2D eigenvalue weighted by molar-refractivity contribution is 0.194. The van der Waals surface area contributed by atoms with E-state index >= 15 is 0 Å². The summed E-state index contributed by atoms with van der Waals surface area (Å²) < 4.78 is 0. The maximum absolute atomic E-state index is 10.7. The molecule has 0 saturated carbocycles. The van der Waals surface area contributed by atoms with E-state index in [2.05, 4.69) is 13.8 Å². The van der Waals surface area contributed by atoms with E-state index in [0.717, 1.165) is 19.3 Å². The molecule has 2 amide bonds. The zero-order valence-corrected chi connectivity index (χ0v) is 7.63. The number of hydrogen-bond acceptors (Lipinski definition) is 1. The maximum Gasteiger partial charge on any atom is 0.314 e. The second-order valence-electron chi connectivity index (χ2n) is 2.80. The monoisotopic (exact) mass is 158 g/mol. The summed E-state index contributed by atoms with van der Waals surface area (Å²) in [5, 5.41) is 0. The van der Waals surface area contributed by atoms with Crippen LogP contribution in [0.3, 0.4) is 0 Å². The lowest BCUT2D eigenvalue weighted by Crippen LogP contribution is -2.40. The fraction of sp³-hybridized carbons (Fsp3) is 0.875. The van der Waals surface area contributed by atoms with Crippen molar-refractivity contribution in [3.63, 3.8) is 0 Å². The number of rotatable bonds is 4. The molecule has 0 aliphatic carbocycles. The number of primary amides is 1. The standard InChI is InChI=1S/C8H18N2O/c1-4-6-7(5-2)10(3)8(9)11/h7H,4-6H2,1-3H3,(H2,9,11). The largest absolute Gasteiger partial charge is 0.351 e. The van der Waals surface area contributed by atoms with Crippen molar-refractivity contribution in [1.29, 1.82) is 0 Å². The first-order valence-corrected chi connectivity index (χ1v) is 4.15. The molecule has 66 valence electrons. The molecular formula is C8H18N2O. The van der Waals surface area contributed by atoms with Gasteiger partial charge in [-0.25, -0.2) is 4.79 Å². The van der Waals surface area contributed by atoms with Crippen LogP contribution in [0.25, 0.3) is 0 Å². The van der Waals surface area contributed by atoms with Gasteiger partial charge in [0.25, 0.3) is 0 Å². The Balaban J connectivity index is 3.91. The molecule has 0 aromatic heterocycles. The number of carbonyl (C=O) groups is 1. The molecule has 1 unspecified atom stereocenters. The number of nitrogens with zero attached hydrogens (tertiary/aromatic N) is 1. The minimum atomic E-state index is -0.328. The molecule has 0 aromatic rings. The minimum absolute atomic E-state index is 0.317. The summed E-state index contributed by atoms with van der Waals surface area (Å²) in [5.74, 6) is 0. The molecule has 0 aromatic carbocycles. The van der Waals surface area contributed by atoms with Crippen LogP contribution in [0, 0.1) is 0 Å². The van der Waals surface area contributed by atoms with Gasteiger partial charge in [0.1, 0.15) is 0 Å². The highest BCUT2D eigenvalue weighted by Crippen LogP contribution is 2.07. The minimum Gasteiger partial charge on any atom is -0.351 e. The Labute approximate surface area is 68.6 Å². The summed E-state index contributed by atoms with van der Waals surface area (Å²) in [7, 11) is 1.76. The Morgan fingerprint density at radius 1 is 1.55 bits per heavy atom. The van der Waals surface area contributed by atoms with E-state index in [-0.39, 0.29) is 6.03 Å². The highest BCUT2D eigenvalue weighted by molar-refractivity contribution is 5.71. The summed E-state index contributed by atoms with van der Waals surface area (Å²) in [4.78, 5) is 12.3. The molecule has 0 aliphatic rings. The molecule has 11 heavy (non-hydrogen) atoms. The van der Waals surface area contributed by atoms with Crippen LogP contribution >= 0.6 is 0 Å². The van der Waals surface area contributed by atoms with Crippen molar-refractivity contribution >= 4 is 6.03 Å². The first-order valence-electron chi connectivity index (χ1n) is 4.15. The summed E-state index contributed by atoms with van der Waals surface area (Å²) in [5.41, 5.74) is 5.13. The molecule has 0 rings (SSSR count). The molecule has 3 heteroatoms. The third-order valence-corrected chi connectivity index (χ3v) is 1.99. The van der Waals surface area contributed by atoms with Crippen molar-refractivity contribution < 1.29 is 4.79 Å². The second-order valence-corrected chi connectivity index (χ2v) is 2.80. The van der Waals surface area contributed by atoms with Gasteiger partial charge < -0.3 is 10.6 Å². The number of nitrogens with two attached hydrogens (primary N) is 1. The van der Waals surface area contributed by atoms with E-state index in [4.69, 9.17) is 5.73 Å². The van der Waals surface area contributed by atoms with Crippen LogP contribution in [-0.2, 0) is 0 Å². The molecule has 0 radical (unpaired) electrons. The van der Waals surface area contributed by atoms with Gasteiger partial charge >= 0.3 is 6.03 Å². The van der Waals surface area contributed by atoms with Gasteiger partial charge in [-0.3, -0.25) is 0 Å². The smallest absolute Gasteiger partial charge is 0.314 e. The van der Waals surface area contributed by atoms with Gasteiger partial charge in [0.2, 0.25) is 0 Å². The fourth-order valence-corrected chi connectivity index (χ4v) is 1.18. The van der Waals surface area contributed by atoms with E-state index in [1.54, 1.807) is 11.9 Å². The average molecular weight is 158 g/mol. The lowest BCUT2D eigenvalue weighted by Gasteiger charge is -2.24. The molecule has 0 fully saturated rings. The van der Waals surface area contributed by atoms with Crippen molar-refractivity contribution in [1.82, 2.24) is 4.90 Å². The third-order valence-electron chi connectivity index (χ3n) is 1.99. The van der Waals surface area contributed by atoms with Gasteiger partial charge in [-0.1, -0.05) is 20.3 Å². The number of carbonyl (C=O) groups excluding carboxylic acids is 1. The van der Waals surface area contributed by atoms with Crippen molar-refractivity contribution in [3.8, 4) is 0 Å². The van der Waals surface area contributed by atoms with Crippen LogP contribution in [0.1, 0.15) is 33.1 Å². The van der Waals surface area contributed by atoms with Crippen molar-refractivity contribution in [3.05, 3.63) is 0 Å². The molecule has 3 nitrogen and oxygen atoms in total. The first kappa shape index (κ1) is 10.3. The van der Waals surface area contributed by atoms with Gasteiger partial charge in [0, 0.05) is 13.1 Å². The summed E-state index contributed by atoms with van der Waals surface area (Å²) >= 11 is 0. The molecule has 0 spiro atoms. The summed E-state index contributed by atoms with van der Waals surface area (Å²) in [6.07, 6.45) is 3.11. The number of amides is 2. The van der Waals surface area contributed by atoms with Gasteiger partial charge in [0.15, 0.2) is 0 Å². The summed E-state index contributed by atoms with van der Waals surface area (Å²) in [6, 6.07) is -0.0113. The molecular weight excluding hydrogens is 140 g/mol. The Bertz CT molecular complexity index is 125. The Morgan fingerprint density at radius 2 is 2.09 bits per heavy atom. The quantitative estimate of drug-likeness (QED) is 0.663. The van der Waals surface area contributed by atoms with E-state index in [1.165, 1.54) is 0 Å². The van der Waals surface area contributed by atoms with Crippen LogP contribution in [0.15, 0.2) is 0 Å². The Morgan fingerprint density at radius 3 is 2.36 bits per heavy atom. The van der Waals surface area contributed by atoms with Crippen LogP contribution < -0.4 is 5.73 Å². The Kier molecular flexibility index (Phi) is 4.66. The predicted molar refractivity (Wildman–Crippen MR) is 46.3 cm³/mol. The van der Waals surface area contributed by atoms with Gasteiger partial charge in [-0.05, 0) is 12.8 Å². The van der Waals surface area contributed by atoms with Crippen molar-refractivity contribution in [2.24, 2.45) is 5.73 Å². The summed E-state index contributed by atoms with van der Waals surface area (Å²) in [6.45, 7) is 4.18. The van der Waals surface area contributed by atoms with Gasteiger partial charge in [0.05, 0.1) is 0 Å². The highest BCUT2D eigenvalue weighted by Gasteiger charge is 2.13. The molecule has 0 heterocycles. The SMILES string of the molecule is CCCC(CC)N(C)C(N)=O. The van der Waals surface area contributed by atoms with E-state index in [9.17, 15) is 4.79 Å². The first-order chi connectivity index (χ1) is 5.13. The average Bonchev–Trinajstić information content (AvgIpc) is 1.98. The zero-order valence-electron chi connectivity index (χ0n) is 7.63. The fourth-order valence-electron chi connectivity index (χ4n) is 1.18. The van der Waals surface area contributed by atoms with E-state index in [1.807, 2.05) is 0 Å². The van der Waals surface area contributed by atoms with Crippen molar-refractivity contribution in [2.45, 2.75) is 39.2 Å². The van der Waals surface area contributed by atoms with Gasteiger partial charge in [-0.15, -0.1) is 0 Å². The normalized spacial score (nSPS) is 12.6. The molecule has 1 atom stereocenters. The Hall–Kier alpha value is -0.730. The van der Waals surface area contributed by atoms with Gasteiger partial charge in [-0.2, -0.15) is 0 Å². The number of urea groups is 1.